The van der Waals surface area contributed by atoms with Crippen LogP contribution in [0, 0.1) is 0 Å². The number of hydrogen-bond acceptors (Lipinski definition) is 3. The van der Waals surface area contributed by atoms with Gasteiger partial charge in [0.25, 0.3) is 0 Å². The van der Waals surface area contributed by atoms with Gasteiger partial charge in [0.05, 0.1) is 12.3 Å². The molecule has 0 aliphatic heterocycles. The van der Waals surface area contributed by atoms with Crippen molar-refractivity contribution in [2.45, 2.75) is 38.2 Å². The van der Waals surface area contributed by atoms with E-state index in [0.717, 1.165) is 12.8 Å². The van der Waals surface area contributed by atoms with E-state index in [1.54, 1.807) is 18.3 Å². The number of aromatic nitrogens is 2. The number of nitrogens with zero attached hydrogens (tertiary/aromatic N) is 2. The lowest BCUT2D eigenvalue weighted by Crippen LogP contribution is -2.19. The lowest BCUT2D eigenvalue weighted by molar-refractivity contribution is 0.155. The Morgan fingerprint density at radius 2 is 2.00 bits per heavy atom. The Morgan fingerprint density at radius 1 is 1.21 bits per heavy atom. The maximum atomic E-state index is 6.26. The van der Waals surface area contributed by atoms with Gasteiger partial charge in [-0.3, -0.25) is 0 Å². The lowest BCUT2D eigenvalue weighted by atomic mass is 9.98. The van der Waals surface area contributed by atoms with Crippen molar-refractivity contribution in [1.82, 2.24) is 9.78 Å². The van der Waals surface area contributed by atoms with E-state index < -0.39 is 0 Å². The third kappa shape index (κ3) is 2.74. The first-order valence-electron chi connectivity index (χ1n) is 6.40. The van der Waals surface area contributed by atoms with Crippen molar-refractivity contribution < 1.29 is 9.15 Å². The average molecular weight is 301 g/mol. The molecular formula is C13H14Cl2N2O2. The molecule has 3 rings (SSSR count). The summed E-state index contributed by atoms with van der Waals surface area (Å²) in [4.78, 5) is 0. The van der Waals surface area contributed by atoms with Crippen LogP contribution in [0.1, 0.15) is 32.1 Å². The first-order chi connectivity index (χ1) is 9.24. The summed E-state index contributed by atoms with van der Waals surface area (Å²) >= 11 is 12.0. The largest absolute Gasteiger partial charge is 0.485 e. The van der Waals surface area contributed by atoms with Crippen molar-refractivity contribution >= 4 is 23.2 Å². The monoisotopic (exact) mass is 300 g/mol. The van der Waals surface area contributed by atoms with Gasteiger partial charge in [0, 0.05) is 6.07 Å². The molecule has 4 nitrogen and oxygen atoms in total. The molecule has 0 N–H and O–H groups in total. The van der Waals surface area contributed by atoms with E-state index in [-0.39, 0.29) is 6.10 Å². The smallest absolute Gasteiger partial charge is 0.223 e. The highest BCUT2D eigenvalue weighted by atomic mass is 35.5. The third-order valence-electron chi connectivity index (χ3n) is 3.29. The molecule has 0 bridgehead atoms. The molecule has 0 spiro atoms. The lowest BCUT2D eigenvalue weighted by Gasteiger charge is -2.22. The highest BCUT2D eigenvalue weighted by molar-refractivity contribution is 6.31. The van der Waals surface area contributed by atoms with Gasteiger partial charge < -0.3 is 9.15 Å². The topological polar surface area (TPSA) is 40.2 Å². The van der Waals surface area contributed by atoms with Crippen LogP contribution in [0.3, 0.4) is 0 Å². The fourth-order valence-corrected chi connectivity index (χ4v) is 2.69. The Bertz CT molecular complexity index is 559. The number of furan rings is 1. The van der Waals surface area contributed by atoms with Crippen LogP contribution in [-0.2, 0) is 0 Å². The molecule has 2 aromatic heterocycles. The summed E-state index contributed by atoms with van der Waals surface area (Å²) < 4.78 is 12.7. The predicted molar refractivity (Wildman–Crippen MR) is 73.4 cm³/mol. The quantitative estimate of drug-likeness (QED) is 0.839. The van der Waals surface area contributed by atoms with E-state index in [4.69, 9.17) is 32.4 Å². The Morgan fingerprint density at radius 3 is 2.68 bits per heavy atom. The average Bonchev–Trinajstić information content (AvgIpc) is 2.99. The number of ether oxygens (including phenoxy) is 1. The summed E-state index contributed by atoms with van der Waals surface area (Å²) in [6.45, 7) is 0. The van der Waals surface area contributed by atoms with E-state index in [0.29, 0.717) is 22.0 Å². The highest BCUT2D eigenvalue weighted by Gasteiger charge is 2.19. The predicted octanol–water partition coefficient (Wildman–Crippen LogP) is 4.48. The van der Waals surface area contributed by atoms with Crippen LogP contribution in [-0.4, -0.2) is 15.9 Å². The van der Waals surface area contributed by atoms with Gasteiger partial charge in [-0.05, 0) is 43.4 Å². The molecule has 2 heterocycles. The van der Waals surface area contributed by atoms with E-state index in [1.807, 2.05) is 0 Å². The molecule has 2 aromatic rings. The number of hydrogen-bond donors (Lipinski definition) is 0. The van der Waals surface area contributed by atoms with Crippen LogP contribution in [0.15, 0.2) is 22.7 Å². The summed E-state index contributed by atoms with van der Waals surface area (Å²) in [6, 6.07) is 3.36. The molecule has 6 heteroatoms. The molecule has 1 aliphatic carbocycles. The second-order valence-electron chi connectivity index (χ2n) is 4.67. The second-order valence-corrected chi connectivity index (χ2v) is 5.40. The zero-order valence-electron chi connectivity index (χ0n) is 10.3. The summed E-state index contributed by atoms with van der Waals surface area (Å²) in [5, 5.41) is 4.89. The Hall–Kier alpha value is -1.13. The molecular weight excluding hydrogens is 287 g/mol. The van der Waals surface area contributed by atoms with Gasteiger partial charge in [-0.1, -0.05) is 18.0 Å². The van der Waals surface area contributed by atoms with Crippen molar-refractivity contribution in [3.63, 3.8) is 0 Å². The van der Waals surface area contributed by atoms with Crippen LogP contribution in [0.4, 0.5) is 0 Å². The van der Waals surface area contributed by atoms with E-state index in [2.05, 4.69) is 5.10 Å². The molecule has 19 heavy (non-hydrogen) atoms. The zero-order chi connectivity index (χ0) is 13.2. The van der Waals surface area contributed by atoms with Crippen molar-refractivity contribution in [2.75, 3.05) is 0 Å². The van der Waals surface area contributed by atoms with Crippen LogP contribution < -0.4 is 4.74 Å². The van der Waals surface area contributed by atoms with Gasteiger partial charge in [0.15, 0.2) is 16.1 Å². The van der Waals surface area contributed by atoms with Crippen LogP contribution in [0.5, 0.6) is 5.75 Å². The maximum absolute atomic E-state index is 6.26. The molecule has 0 unspecified atom stereocenters. The Labute approximate surface area is 121 Å². The van der Waals surface area contributed by atoms with E-state index in [9.17, 15) is 0 Å². The minimum Gasteiger partial charge on any atom is -0.485 e. The molecule has 0 aromatic carbocycles. The Kier molecular flexibility index (Phi) is 3.71. The van der Waals surface area contributed by atoms with Gasteiger partial charge >= 0.3 is 0 Å². The molecule has 0 atom stereocenters. The van der Waals surface area contributed by atoms with E-state index in [1.165, 1.54) is 23.9 Å². The zero-order valence-corrected chi connectivity index (χ0v) is 11.8. The molecule has 1 fully saturated rings. The van der Waals surface area contributed by atoms with Crippen LogP contribution in [0.2, 0.25) is 10.4 Å². The minimum absolute atomic E-state index is 0.240. The second kappa shape index (κ2) is 5.47. The summed E-state index contributed by atoms with van der Waals surface area (Å²) in [7, 11) is 0. The van der Waals surface area contributed by atoms with Crippen molar-refractivity contribution in [1.29, 1.82) is 0 Å². The minimum atomic E-state index is 0.240. The summed E-state index contributed by atoms with van der Waals surface area (Å²) in [6.07, 6.45) is 7.73. The van der Waals surface area contributed by atoms with Crippen molar-refractivity contribution in [3.8, 4) is 11.6 Å². The standard InChI is InChI=1S/C13H14Cl2N2O2/c14-11-6-7-12(19-11)17-13(15)10(8-16-17)18-9-4-2-1-3-5-9/h6-9H,1-5H2. The maximum Gasteiger partial charge on any atom is 0.223 e. The number of rotatable bonds is 3. The molecule has 0 amide bonds. The fourth-order valence-electron chi connectivity index (χ4n) is 2.33. The molecule has 1 saturated carbocycles. The molecule has 1 aliphatic rings. The van der Waals surface area contributed by atoms with Gasteiger partial charge in [-0.25, -0.2) is 0 Å². The highest BCUT2D eigenvalue weighted by Crippen LogP contribution is 2.31. The van der Waals surface area contributed by atoms with Crippen molar-refractivity contribution in [2.24, 2.45) is 0 Å². The van der Waals surface area contributed by atoms with Gasteiger partial charge in [0.2, 0.25) is 5.88 Å². The first kappa shape index (κ1) is 12.9. The van der Waals surface area contributed by atoms with Crippen LogP contribution in [0.25, 0.3) is 5.88 Å². The normalized spacial score (nSPS) is 16.7. The molecule has 0 radical (unpaired) electrons. The third-order valence-corrected chi connectivity index (χ3v) is 3.84. The van der Waals surface area contributed by atoms with Gasteiger partial charge in [0.1, 0.15) is 0 Å². The van der Waals surface area contributed by atoms with Gasteiger partial charge in [-0.15, -0.1) is 0 Å². The van der Waals surface area contributed by atoms with Crippen LogP contribution >= 0.6 is 23.2 Å². The summed E-state index contributed by atoms with van der Waals surface area (Å²) in [5.74, 6) is 1.08. The summed E-state index contributed by atoms with van der Waals surface area (Å²) in [5.41, 5.74) is 0. The molecule has 102 valence electrons. The Balaban J connectivity index is 1.78. The fraction of sp³-hybridized carbons (Fsp3) is 0.462. The first-order valence-corrected chi connectivity index (χ1v) is 7.15. The van der Waals surface area contributed by atoms with Crippen molar-refractivity contribution in [3.05, 3.63) is 28.7 Å². The SMILES string of the molecule is Clc1ccc(-n2ncc(OC3CCCCC3)c2Cl)o1. The van der Waals surface area contributed by atoms with Gasteiger partial charge in [-0.2, -0.15) is 9.78 Å². The molecule has 0 saturated heterocycles. The number of halogens is 2. The van der Waals surface area contributed by atoms with E-state index >= 15 is 0 Å².